The molecule has 0 saturated heterocycles. The van der Waals surface area contributed by atoms with Crippen LogP contribution >= 0.6 is 0 Å². The molecule has 1 aromatic heterocycles. The van der Waals surface area contributed by atoms with Crippen molar-refractivity contribution in [2.45, 2.75) is 33.1 Å². The molecule has 1 aromatic carbocycles. The van der Waals surface area contributed by atoms with Gasteiger partial charge in [-0.3, -0.25) is 0 Å². The van der Waals surface area contributed by atoms with Crippen LogP contribution in [0.1, 0.15) is 37.6 Å². The number of phenolic OH excluding ortho intramolecular Hbond substituents is 1. The maximum atomic E-state index is 9.77. The summed E-state index contributed by atoms with van der Waals surface area (Å²) >= 11 is 0. The van der Waals surface area contributed by atoms with Crippen LogP contribution in [-0.2, 0) is 0 Å². The first kappa shape index (κ1) is 11.6. The van der Waals surface area contributed by atoms with Gasteiger partial charge in [-0.1, -0.05) is 30.6 Å². The third-order valence-corrected chi connectivity index (χ3v) is 2.88. The van der Waals surface area contributed by atoms with Crippen molar-refractivity contribution in [3.05, 3.63) is 29.6 Å². The van der Waals surface area contributed by atoms with Crippen LogP contribution in [0.2, 0.25) is 0 Å². The highest BCUT2D eigenvalue weighted by atomic mass is 16.5. The summed E-state index contributed by atoms with van der Waals surface area (Å²) in [6.45, 7) is 6.07. The van der Waals surface area contributed by atoms with E-state index in [1.54, 1.807) is 6.07 Å². The van der Waals surface area contributed by atoms with E-state index in [0.29, 0.717) is 17.3 Å². The largest absolute Gasteiger partial charge is 0.507 e. The molecular weight excluding hydrogens is 216 g/mol. The molecule has 1 atom stereocenters. The Morgan fingerprint density at radius 3 is 2.88 bits per heavy atom. The molecule has 1 unspecified atom stereocenters. The van der Waals surface area contributed by atoms with Crippen molar-refractivity contribution in [1.82, 2.24) is 10.1 Å². The van der Waals surface area contributed by atoms with E-state index < -0.39 is 0 Å². The van der Waals surface area contributed by atoms with Crippen LogP contribution in [0.25, 0.3) is 11.5 Å². The van der Waals surface area contributed by atoms with Crippen LogP contribution in [0, 0.1) is 6.92 Å². The van der Waals surface area contributed by atoms with Crippen LogP contribution in [-0.4, -0.2) is 15.2 Å². The lowest BCUT2D eigenvalue weighted by atomic mass is 10.1. The van der Waals surface area contributed by atoms with Crippen LogP contribution in [0.5, 0.6) is 5.75 Å². The van der Waals surface area contributed by atoms with Crippen LogP contribution in [0.4, 0.5) is 0 Å². The smallest absolute Gasteiger partial charge is 0.261 e. The number of aryl methyl sites for hydroxylation is 1. The van der Waals surface area contributed by atoms with E-state index in [1.165, 1.54) is 0 Å². The van der Waals surface area contributed by atoms with E-state index in [1.807, 2.05) is 26.0 Å². The molecule has 0 aliphatic rings. The quantitative estimate of drug-likeness (QED) is 0.882. The number of hydrogen-bond acceptors (Lipinski definition) is 4. The average Bonchev–Trinajstić information content (AvgIpc) is 2.80. The number of rotatable bonds is 3. The summed E-state index contributed by atoms with van der Waals surface area (Å²) < 4.78 is 5.19. The first-order chi connectivity index (χ1) is 8.11. The highest BCUT2D eigenvalue weighted by molar-refractivity contribution is 5.63. The minimum atomic E-state index is 0.162. The van der Waals surface area contributed by atoms with E-state index in [9.17, 15) is 5.11 Å². The van der Waals surface area contributed by atoms with Gasteiger partial charge < -0.3 is 9.63 Å². The lowest BCUT2D eigenvalue weighted by Gasteiger charge is -2.01. The van der Waals surface area contributed by atoms with Gasteiger partial charge >= 0.3 is 0 Å². The molecule has 0 amide bonds. The van der Waals surface area contributed by atoms with Crippen molar-refractivity contribution in [2.75, 3.05) is 0 Å². The normalized spacial score (nSPS) is 12.6. The second kappa shape index (κ2) is 4.57. The van der Waals surface area contributed by atoms with Crippen molar-refractivity contribution in [3.63, 3.8) is 0 Å². The Kier molecular flexibility index (Phi) is 3.13. The van der Waals surface area contributed by atoms with Crippen molar-refractivity contribution >= 4 is 0 Å². The lowest BCUT2D eigenvalue weighted by Crippen LogP contribution is -1.93. The molecule has 0 radical (unpaired) electrons. The Labute approximate surface area is 100 Å². The molecule has 0 saturated carbocycles. The number of nitrogens with zero attached hydrogens (tertiary/aromatic N) is 2. The molecule has 0 aliphatic heterocycles. The highest BCUT2D eigenvalue weighted by Crippen LogP contribution is 2.29. The summed E-state index contributed by atoms with van der Waals surface area (Å²) in [5, 5.41) is 13.7. The molecule has 2 aromatic rings. The van der Waals surface area contributed by atoms with Gasteiger partial charge in [-0.2, -0.15) is 4.98 Å². The van der Waals surface area contributed by atoms with Crippen LogP contribution in [0.3, 0.4) is 0 Å². The summed E-state index contributed by atoms with van der Waals surface area (Å²) in [4.78, 5) is 4.32. The van der Waals surface area contributed by atoms with Gasteiger partial charge in [-0.15, -0.1) is 0 Å². The second-order valence-corrected chi connectivity index (χ2v) is 4.29. The summed E-state index contributed by atoms with van der Waals surface area (Å²) in [6, 6.07) is 5.31. The fourth-order valence-corrected chi connectivity index (χ4v) is 1.55. The highest BCUT2D eigenvalue weighted by Gasteiger charge is 2.15. The van der Waals surface area contributed by atoms with Crippen molar-refractivity contribution in [1.29, 1.82) is 0 Å². The number of aromatic nitrogens is 2. The van der Waals surface area contributed by atoms with Crippen molar-refractivity contribution < 1.29 is 9.63 Å². The molecule has 1 N–H and O–H groups in total. The monoisotopic (exact) mass is 232 g/mol. The molecule has 4 nitrogen and oxygen atoms in total. The van der Waals surface area contributed by atoms with Gasteiger partial charge in [0, 0.05) is 5.92 Å². The molecule has 2 rings (SSSR count). The molecular formula is C13H16N2O2. The van der Waals surface area contributed by atoms with Gasteiger partial charge in [0.2, 0.25) is 0 Å². The number of aromatic hydroxyl groups is 1. The van der Waals surface area contributed by atoms with E-state index >= 15 is 0 Å². The predicted molar refractivity (Wildman–Crippen MR) is 64.8 cm³/mol. The Hall–Kier alpha value is -1.84. The van der Waals surface area contributed by atoms with Gasteiger partial charge in [-0.05, 0) is 25.5 Å². The third kappa shape index (κ3) is 2.30. The summed E-state index contributed by atoms with van der Waals surface area (Å²) in [7, 11) is 0. The fourth-order valence-electron chi connectivity index (χ4n) is 1.55. The average molecular weight is 232 g/mol. The van der Waals surface area contributed by atoms with Crippen LogP contribution in [0.15, 0.2) is 22.7 Å². The zero-order valence-corrected chi connectivity index (χ0v) is 10.3. The maximum Gasteiger partial charge on any atom is 0.261 e. The molecule has 4 heteroatoms. The minimum absolute atomic E-state index is 0.162. The Bertz CT molecular complexity index is 520. The molecule has 90 valence electrons. The molecule has 0 bridgehead atoms. The number of hydrogen-bond donors (Lipinski definition) is 1. The minimum Gasteiger partial charge on any atom is -0.507 e. The zero-order chi connectivity index (χ0) is 12.4. The number of benzene rings is 1. The lowest BCUT2D eigenvalue weighted by molar-refractivity contribution is 0.412. The first-order valence-corrected chi connectivity index (χ1v) is 5.75. The van der Waals surface area contributed by atoms with Gasteiger partial charge in [0.1, 0.15) is 5.75 Å². The standard InChI is InChI=1S/C13H16N2O2/c1-4-9(3)12-14-13(17-15-12)10-7-8(2)5-6-11(10)16/h5-7,9,16H,4H2,1-3H3. The molecule has 0 aliphatic carbocycles. The fraction of sp³-hybridized carbons (Fsp3) is 0.385. The van der Waals surface area contributed by atoms with Gasteiger partial charge in [0.05, 0.1) is 5.56 Å². The van der Waals surface area contributed by atoms with Crippen LogP contribution < -0.4 is 0 Å². The SMILES string of the molecule is CCC(C)c1noc(-c2cc(C)ccc2O)n1. The second-order valence-electron chi connectivity index (χ2n) is 4.29. The summed E-state index contributed by atoms with van der Waals surface area (Å²) in [5.74, 6) is 1.49. The summed E-state index contributed by atoms with van der Waals surface area (Å²) in [6.07, 6.45) is 0.957. The molecule has 0 spiro atoms. The van der Waals surface area contributed by atoms with E-state index in [4.69, 9.17) is 4.52 Å². The summed E-state index contributed by atoms with van der Waals surface area (Å²) in [5.41, 5.74) is 1.63. The van der Waals surface area contributed by atoms with Gasteiger partial charge in [0.25, 0.3) is 5.89 Å². The van der Waals surface area contributed by atoms with E-state index in [-0.39, 0.29) is 11.7 Å². The maximum absolute atomic E-state index is 9.77. The molecule has 1 heterocycles. The third-order valence-electron chi connectivity index (χ3n) is 2.88. The molecule has 0 fully saturated rings. The van der Waals surface area contributed by atoms with Gasteiger partial charge in [-0.25, -0.2) is 0 Å². The van der Waals surface area contributed by atoms with Crippen molar-refractivity contribution in [2.24, 2.45) is 0 Å². The van der Waals surface area contributed by atoms with Crippen molar-refractivity contribution in [3.8, 4) is 17.2 Å². The first-order valence-electron chi connectivity index (χ1n) is 5.75. The van der Waals surface area contributed by atoms with E-state index in [0.717, 1.165) is 12.0 Å². The van der Waals surface area contributed by atoms with Gasteiger partial charge in [0.15, 0.2) is 5.82 Å². The Balaban J connectivity index is 2.40. The number of phenols is 1. The Morgan fingerprint density at radius 2 is 2.18 bits per heavy atom. The molecule has 17 heavy (non-hydrogen) atoms. The van der Waals surface area contributed by atoms with E-state index in [2.05, 4.69) is 17.1 Å². The zero-order valence-electron chi connectivity index (χ0n) is 10.3. The Morgan fingerprint density at radius 1 is 1.41 bits per heavy atom. The predicted octanol–water partition coefficient (Wildman–Crippen LogP) is 3.26. The topological polar surface area (TPSA) is 59.2 Å².